The number of hydrogen-bond acceptors (Lipinski definition) is 4. The van der Waals surface area contributed by atoms with E-state index in [0.29, 0.717) is 6.42 Å². The van der Waals surface area contributed by atoms with Gasteiger partial charge in [0.25, 0.3) is 0 Å². The summed E-state index contributed by atoms with van der Waals surface area (Å²) in [5.74, 6) is 0.851. The maximum Gasteiger partial charge on any atom is 0.225 e. The number of aryl methyl sites for hydroxylation is 1. The monoisotopic (exact) mass is 299 g/mol. The molecule has 2 unspecified atom stereocenters. The van der Waals surface area contributed by atoms with Crippen LogP contribution in [0.4, 0.5) is 0 Å². The molecule has 22 heavy (non-hydrogen) atoms. The Morgan fingerprint density at radius 1 is 1.45 bits per heavy atom. The third-order valence-corrected chi connectivity index (χ3v) is 4.17. The zero-order chi connectivity index (χ0) is 15.5. The highest BCUT2D eigenvalue weighted by atomic mass is 16.5. The van der Waals surface area contributed by atoms with E-state index in [2.05, 4.69) is 5.16 Å². The second-order valence-electron chi connectivity index (χ2n) is 5.84. The Bertz CT molecular complexity index is 638. The maximum absolute atomic E-state index is 12.6. The van der Waals surface area contributed by atoms with E-state index in [1.807, 2.05) is 48.2 Å². The van der Waals surface area contributed by atoms with Gasteiger partial charge in [0.2, 0.25) is 5.91 Å². The second-order valence-corrected chi connectivity index (χ2v) is 5.84. The molecule has 0 radical (unpaired) electrons. The molecule has 0 aliphatic carbocycles. The Balaban J connectivity index is 1.69. The van der Waals surface area contributed by atoms with Gasteiger partial charge >= 0.3 is 0 Å². The van der Waals surface area contributed by atoms with Gasteiger partial charge in [-0.05, 0) is 25.3 Å². The first-order chi connectivity index (χ1) is 10.6. The smallest absolute Gasteiger partial charge is 0.225 e. The summed E-state index contributed by atoms with van der Waals surface area (Å²) in [6.45, 7) is 2.64. The number of amides is 1. The quantitative estimate of drug-likeness (QED) is 0.942. The molecule has 1 fully saturated rings. The molecule has 0 saturated carbocycles. The van der Waals surface area contributed by atoms with E-state index in [9.17, 15) is 4.79 Å². The number of carbonyl (C=O) groups is 1. The Labute approximate surface area is 130 Å². The van der Waals surface area contributed by atoms with E-state index in [-0.39, 0.29) is 18.0 Å². The van der Waals surface area contributed by atoms with Crippen LogP contribution in [0.1, 0.15) is 48.4 Å². The van der Waals surface area contributed by atoms with E-state index >= 15 is 0 Å². The topological polar surface area (TPSA) is 72.4 Å². The van der Waals surface area contributed by atoms with Gasteiger partial charge in [0.15, 0.2) is 5.76 Å². The van der Waals surface area contributed by atoms with E-state index in [1.54, 1.807) is 0 Å². The zero-order valence-corrected chi connectivity index (χ0v) is 12.7. The third-order valence-electron chi connectivity index (χ3n) is 4.17. The highest BCUT2D eigenvalue weighted by Crippen LogP contribution is 2.33. The lowest BCUT2D eigenvalue weighted by molar-refractivity contribution is -0.132. The summed E-state index contributed by atoms with van der Waals surface area (Å²) >= 11 is 0. The van der Waals surface area contributed by atoms with Crippen molar-refractivity contribution in [2.45, 2.75) is 38.3 Å². The minimum atomic E-state index is -0.272. The largest absolute Gasteiger partial charge is 0.359 e. The summed E-state index contributed by atoms with van der Waals surface area (Å²) in [6.07, 6.45) is 2.21. The van der Waals surface area contributed by atoms with Crippen LogP contribution < -0.4 is 5.73 Å². The van der Waals surface area contributed by atoms with Crippen molar-refractivity contribution in [1.29, 1.82) is 0 Å². The van der Waals surface area contributed by atoms with Gasteiger partial charge in [0, 0.05) is 25.1 Å². The Morgan fingerprint density at radius 3 is 2.91 bits per heavy atom. The highest BCUT2D eigenvalue weighted by molar-refractivity contribution is 5.77. The van der Waals surface area contributed by atoms with Gasteiger partial charge in [-0.15, -0.1) is 0 Å². The fraction of sp³-hybridized carbons (Fsp3) is 0.412. The standard InChI is InChI=1S/C17H21N3O2/c1-12-10-16(22-19-12)15-8-5-9-20(15)17(21)11-14(18)13-6-3-2-4-7-13/h2-4,6-7,10,14-15H,5,8-9,11,18H2,1H3. The summed E-state index contributed by atoms with van der Waals surface area (Å²) in [4.78, 5) is 14.5. The summed E-state index contributed by atoms with van der Waals surface area (Å²) < 4.78 is 5.34. The molecule has 1 aromatic carbocycles. The first-order valence-electron chi connectivity index (χ1n) is 7.68. The molecule has 2 N–H and O–H groups in total. The van der Waals surface area contributed by atoms with Crippen LogP contribution in [0.25, 0.3) is 0 Å². The molecule has 5 nitrogen and oxygen atoms in total. The van der Waals surface area contributed by atoms with Crippen molar-refractivity contribution in [1.82, 2.24) is 10.1 Å². The summed E-state index contributed by atoms with van der Waals surface area (Å²) in [5.41, 5.74) is 8.00. The van der Waals surface area contributed by atoms with Crippen molar-refractivity contribution < 1.29 is 9.32 Å². The van der Waals surface area contributed by atoms with E-state index in [1.165, 1.54) is 0 Å². The fourth-order valence-corrected chi connectivity index (χ4v) is 3.02. The Morgan fingerprint density at radius 2 is 2.23 bits per heavy atom. The van der Waals surface area contributed by atoms with E-state index < -0.39 is 0 Å². The van der Waals surface area contributed by atoms with Crippen molar-refractivity contribution in [2.75, 3.05) is 6.54 Å². The number of likely N-dealkylation sites (tertiary alicyclic amines) is 1. The van der Waals surface area contributed by atoms with Crippen LogP contribution in [0.2, 0.25) is 0 Å². The molecule has 1 saturated heterocycles. The van der Waals surface area contributed by atoms with Crippen molar-refractivity contribution >= 4 is 5.91 Å². The van der Waals surface area contributed by atoms with Gasteiger partial charge in [-0.25, -0.2) is 0 Å². The molecule has 3 rings (SSSR count). The van der Waals surface area contributed by atoms with Crippen LogP contribution in [0.15, 0.2) is 40.9 Å². The maximum atomic E-state index is 12.6. The summed E-state index contributed by atoms with van der Waals surface area (Å²) in [6, 6.07) is 11.4. The van der Waals surface area contributed by atoms with E-state index in [0.717, 1.165) is 36.4 Å². The fourth-order valence-electron chi connectivity index (χ4n) is 3.02. The lowest BCUT2D eigenvalue weighted by Gasteiger charge is -2.24. The molecule has 1 amide bonds. The number of aromatic nitrogens is 1. The average Bonchev–Trinajstić information content (AvgIpc) is 3.16. The van der Waals surface area contributed by atoms with E-state index in [4.69, 9.17) is 10.3 Å². The molecular formula is C17H21N3O2. The molecule has 5 heteroatoms. The second kappa shape index (κ2) is 6.32. The predicted octanol–water partition coefficient (Wildman–Crippen LogP) is 2.74. The van der Waals surface area contributed by atoms with Crippen LogP contribution in [0.5, 0.6) is 0 Å². The lowest BCUT2D eigenvalue weighted by Crippen LogP contribution is -2.32. The SMILES string of the molecule is Cc1cc(C2CCCN2C(=O)CC(N)c2ccccc2)on1. The first kappa shape index (κ1) is 14.8. The van der Waals surface area contributed by atoms with Gasteiger partial charge in [-0.3, -0.25) is 4.79 Å². The minimum absolute atomic E-state index is 0.00308. The van der Waals surface area contributed by atoms with Gasteiger partial charge in [-0.2, -0.15) is 0 Å². The molecule has 116 valence electrons. The normalized spacial score (nSPS) is 19.4. The number of carbonyl (C=O) groups excluding carboxylic acids is 1. The van der Waals surface area contributed by atoms with Crippen LogP contribution in [-0.4, -0.2) is 22.5 Å². The molecule has 0 spiro atoms. The summed E-state index contributed by atoms with van der Waals surface area (Å²) in [5, 5.41) is 3.93. The van der Waals surface area contributed by atoms with Gasteiger partial charge in [0.1, 0.15) is 0 Å². The Kier molecular flexibility index (Phi) is 4.24. The Hall–Kier alpha value is -2.14. The van der Waals surface area contributed by atoms with Crippen molar-refractivity contribution in [3.8, 4) is 0 Å². The van der Waals surface area contributed by atoms with Crippen molar-refractivity contribution in [2.24, 2.45) is 5.73 Å². The highest BCUT2D eigenvalue weighted by Gasteiger charge is 2.33. The number of rotatable bonds is 4. The van der Waals surface area contributed by atoms with Gasteiger partial charge in [-0.1, -0.05) is 35.5 Å². The van der Waals surface area contributed by atoms with Crippen LogP contribution in [0.3, 0.4) is 0 Å². The molecule has 2 aromatic rings. The average molecular weight is 299 g/mol. The number of nitrogens with zero attached hydrogens (tertiary/aromatic N) is 2. The number of hydrogen-bond donors (Lipinski definition) is 1. The molecule has 2 atom stereocenters. The molecule has 2 heterocycles. The first-order valence-corrected chi connectivity index (χ1v) is 7.68. The predicted molar refractivity (Wildman–Crippen MR) is 82.9 cm³/mol. The van der Waals surface area contributed by atoms with Gasteiger partial charge < -0.3 is 15.2 Å². The van der Waals surface area contributed by atoms with Crippen LogP contribution in [-0.2, 0) is 4.79 Å². The molecule has 0 bridgehead atoms. The van der Waals surface area contributed by atoms with Crippen LogP contribution >= 0.6 is 0 Å². The molecule has 1 aromatic heterocycles. The molecular weight excluding hydrogens is 278 g/mol. The third kappa shape index (κ3) is 3.04. The zero-order valence-electron chi connectivity index (χ0n) is 12.7. The van der Waals surface area contributed by atoms with Crippen LogP contribution in [0, 0.1) is 6.92 Å². The van der Waals surface area contributed by atoms with Crippen molar-refractivity contribution in [3.63, 3.8) is 0 Å². The number of benzene rings is 1. The molecule has 1 aliphatic rings. The molecule has 1 aliphatic heterocycles. The van der Waals surface area contributed by atoms with Gasteiger partial charge in [0.05, 0.1) is 11.7 Å². The lowest BCUT2D eigenvalue weighted by atomic mass is 10.0. The minimum Gasteiger partial charge on any atom is -0.359 e. The summed E-state index contributed by atoms with van der Waals surface area (Å²) in [7, 11) is 0. The number of nitrogens with two attached hydrogens (primary N) is 1. The van der Waals surface area contributed by atoms with Crippen molar-refractivity contribution in [3.05, 3.63) is 53.4 Å².